The monoisotopic (exact) mass is 709 g/mol. The molecule has 0 aliphatic heterocycles. The van der Waals surface area contributed by atoms with Gasteiger partial charge < -0.3 is 4.90 Å². The molecular weight excluding hydrogens is 663 g/mol. The van der Waals surface area contributed by atoms with Gasteiger partial charge in [0.15, 0.2) is 0 Å². The van der Waals surface area contributed by atoms with E-state index in [4.69, 9.17) is 0 Å². The van der Waals surface area contributed by atoms with E-state index in [9.17, 15) is 0 Å². The lowest BCUT2D eigenvalue weighted by Crippen LogP contribution is -2.33. The highest BCUT2D eigenvalue weighted by Crippen LogP contribution is 2.49. The number of fused-ring (bicyclic) bond motifs is 2. The van der Waals surface area contributed by atoms with E-state index < -0.39 is 0 Å². The minimum atomic E-state index is 0.144. The van der Waals surface area contributed by atoms with Gasteiger partial charge in [-0.1, -0.05) is 179 Å². The number of rotatable bonds is 7. The molecule has 0 spiro atoms. The summed E-state index contributed by atoms with van der Waals surface area (Å²) in [7, 11) is 0. The van der Waals surface area contributed by atoms with Crippen molar-refractivity contribution < 1.29 is 0 Å². The van der Waals surface area contributed by atoms with Crippen molar-refractivity contribution in [3.05, 3.63) is 199 Å². The highest BCUT2D eigenvalue weighted by molar-refractivity contribution is 5.97. The molecule has 9 rings (SSSR count). The van der Waals surface area contributed by atoms with Gasteiger partial charge >= 0.3 is 0 Å². The average molecular weight is 710 g/mol. The van der Waals surface area contributed by atoms with E-state index in [0.29, 0.717) is 0 Å². The van der Waals surface area contributed by atoms with Crippen LogP contribution in [0.4, 0.5) is 17.1 Å². The van der Waals surface area contributed by atoms with Crippen molar-refractivity contribution in [2.75, 3.05) is 4.90 Å². The molecule has 0 N–H and O–H groups in total. The lowest BCUT2D eigenvalue weighted by molar-refractivity contribution is 0.332. The first-order valence-corrected chi connectivity index (χ1v) is 19.6. The van der Waals surface area contributed by atoms with Gasteiger partial charge in [0.25, 0.3) is 0 Å². The summed E-state index contributed by atoms with van der Waals surface area (Å²) in [6.45, 7) is 9.66. The van der Waals surface area contributed by atoms with Crippen LogP contribution in [0.1, 0.15) is 51.7 Å². The van der Waals surface area contributed by atoms with Gasteiger partial charge in [0.1, 0.15) is 0 Å². The standard InChI is InChI=1S/C54H47N/c1-53(2)30-31-54(3,4)50-37-45-32-42(29-28-41(45)36-49(50)53)48-25-15-17-27-52(48)55(51-26-16-14-24-47(51)40-22-12-7-13-23-40)46-34-43(38-18-8-5-9-19-38)33-44(35-46)39-20-10-6-11-21-39/h5-29,32-37H,30-31H2,1-4H3. The lowest BCUT2D eigenvalue weighted by Gasteiger charge is -2.42. The zero-order chi connectivity index (χ0) is 37.6. The van der Waals surface area contributed by atoms with Crippen molar-refractivity contribution in [2.24, 2.45) is 0 Å². The Morgan fingerprint density at radius 3 is 1.31 bits per heavy atom. The zero-order valence-corrected chi connectivity index (χ0v) is 32.3. The van der Waals surface area contributed by atoms with Gasteiger partial charge in [0.2, 0.25) is 0 Å². The molecule has 1 aliphatic carbocycles. The van der Waals surface area contributed by atoms with Crippen molar-refractivity contribution in [3.63, 3.8) is 0 Å². The number of hydrogen-bond donors (Lipinski definition) is 0. The Hall–Kier alpha value is -6.18. The highest BCUT2D eigenvalue weighted by atomic mass is 15.1. The minimum absolute atomic E-state index is 0.144. The molecule has 0 fully saturated rings. The molecular formula is C54H47N. The molecule has 0 amide bonds. The second kappa shape index (κ2) is 13.9. The normalized spacial score (nSPS) is 14.3. The maximum absolute atomic E-state index is 2.50. The molecule has 1 aliphatic rings. The van der Waals surface area contributed by atoms with Crippen molar-refractivity contribution in [1.82, 2.24) is 0 Å². The molecule has 0 unspecified atom stereocenters. The molecule has 0 atom stereocenters. The molecule has 0 bridgehead atoms. The molecule has 0 saturated carbocycles. The molecule has 1 heteroatoms. The maximum atomic E-state index is 2.50. The van der Waals surface area contributed by atoms with E-state index in [0.717, 1.165) is 17.1 Å². The molecule has 268 valence electrons. The summed E-state index contributed by atoms with van der Waals surface area (Å²) in [5.41, 5.74) is 16.2. The Morgan fingerprint density at radius 1 is 0.345 bits per heavy atom. The van der Waals surface area contributed by atoms with Gasteiger partial charge in [-0.3, -0.25) is 0 Å². The summed E-state index contributed by atoms with van der Waals surface area (Å²) in [6, 6.07) is 69.2. The smallest absolute Gasteiger partial charge is 0.0540 e. The van der Waals surface area contributed by atoms with Crippen molar-refractivity contribution >= 4 is 27.8 Å². The second-order valence-corrected chi connectivity index (χ2v) is 16.5. The predicted octanol–water partition coefficient (Wildman–Crippen LogP) is 15.3. The van der Waals surface area contributed by atoms with Crippen molar-refractivity contribution in [2.45, 2.75) is 51.4 Å². The molecule has 1 nitrogen and oxygen atoms in total. The first kappa shape index (κ1) is 34.6. The first-order valence-electron chi connectivity index (χ1n) is 19.6. The van der Waals surface area contributed by atoms with E-state index in [1.165, 1.54) is 79.2 Å². The number of para-hydroxylation sites is 2. The number of nitrogens with zero attached hydrogens (tertiary/aromatic N) is 1. The molecule has 55 heavy (non-hydrogen) atoms. The topological polar surface area (TPSA) is 3.24 Å². The van der Waals surface area contributed by atoms with E-state index in [2.05, 4.69) is 221 Å². The van der Waals surface area contributed by atoms with Gasteiger partial charge in [0, 0.05) is 16.8 Å². The fourth-order valence-corrected chi connectivity index (χ4v) is 8.67. The molecule has 0 heterocycles. The second-order valence-electron chi connectivity index (χ2n) is 16.5. The molecule has 8 aromatic rings. The molecule has 0 radical (unpaired) electrons. The van der Waals surface area contributed by atoms with Crippen LogP contribution in [0.15, 0.2) is 188 Å². The van der Waals surface area contributed by atoms with Gasteiger partial charge in [-0.05, 0) is 115 Å². The summed E-state index contributed by atoms with van der Waals surface area (Å²) < 4.78 is 0. The van der Waals surface area contributed by atoms with Crippen LogP contribution in [0.2, 0.25) is 0 Å². The van der Waals surface area contributed by atoms with Crippen LogP contribution in [-0.2, 0) is 10.8 Å². The Labute approximate surface area is 326 Å². The van der Waals surface area contributed by atoms with Crippen LogP contribution in [0.3, 0.4) is 0 Å². The van der Waals surface area contributed by atoms with E-state index in [-0.39, 0.29) is 10.8 Å². The molecule has 0 saturated heterocycles. The molecule has 8 aromatic carbocycles. The predicted molar refractivity (Wildman–Crippen MR) is 236 cm³/mol. The van der Waals surface area contributed by atoms with Crippen LogP contribution in [-0.4, -0.2) is 0 Å². The van der Waals surface area contributed by atoms with Gasteiger partial charge in [-0.2, -0.15) is 0 Å². The summed E-state index contributed by atoms with van der Waals surface area (Å²) in [4.78, 5) is 2.49. The van der Waals surface area contributed by atoms with Crippen LogP contribution in [0, 0.1) is 0 Å². The Morgan fingerprint density at radius 2 is 0.782 bits per heavy atom. The lowest BCUT2D eigenvalue weighted by atomic mass is 9.63. The zero-order valence-electron chi connectivity index (χ0n) is 32.3. The quantitative estimate of drug-likeness (QED) is 0.159. The summed E-state index contributed by atoms with van der Waals surface area (Å²) in [5, 5.41) is 2.60. The summed E-state index contributed by atoms with van der Waals surface area (Å²) >= 11 is 0. The highest BCUT2D eigenvalue weighted by Gasteiger charge is 2.37. The first-order chi connectivity index (χ1) is 26.7. The number of anilines is 3. The average Bonchev–Trinajstić information content (AvgIpc) is 3.23. The molecule has 0 aromatic heterocycles. The largest absolute Gasteiger partial charge is 0.309 e. The van der Waals surface area contributed by atoms with Crippen LogP contribution < -0.4 is 4.90 Å². The van der Waals surface area contributed by atoms with Crippen LogP contribution >= 0.6 is 0 Å². The minimum Gasteiger partial charge on any atom is -0.309 e. The van der Waals surface area contributed by atoms with Crippen LogP contribution in [0.25, 0.3) is 55.3 Å². The summed E-state index contributed by atoms with van der Waals surface area (Å²) in [5.74, 6) is 0. The Bertz CT molecular complexity index is 2580. The van der Waals surface area contributed by atoms with E-state index >= 15 is 0 Å². The van der Waals surface area contributed by atoms with Crippen molar-refractivity contribution in [1.29, 1.82) is 0 Å². The third kappa shape index (κ3) is 6.55. The summed E-state index contributed by atoms with van der Waals surface area (Å²) in [6.07, 6.45) is 2.41. The fraction of sp³-hybridized carbons (Fsp3) is 0.148. The number of hydrogen-bond acceptors (Lipinski definition) is 1. The number of benzene rings is 8. The third-order valence-corrected chi connectivity index (χ3v) is 11.9. The van der Waals surface area contributed by atoms with Gasteiger partial charge in [-0.15, -0.1) is 0 Å². The fourth-order valence-electron chi connectivity index (χ4n) is 8.67. The SMILES string of the molecule is CC1(C)CCC(C)(C)c2cc3cc(-c4ccccc4N(c4cc(-c5ccccc5)cc(-c5ccccc5)c4)c4ccccc4-c4ccccc4)ccc3cc21. The van der Waals surface area contributed by atoms with Gasteiger partial charge in [-0.25, -0.2) is 0 Å². The third-order valence-electron chi connectivity index (χ3n) is 11.9. The maximum Gasteiger partial charge on any atom is 0.0540 e. The van der Waals surface area contributed by atoms with Crippen molar-refractivity contribution in [3.8, 4) is 44.5 Å². The van der Waals surface area contributed by atoms with Gasteiger partial charge in [0.05, 0.1) is 11.4 Å². The van der Waals surface area contributed by atoms with E-state index in [1.807, 2.05) is 0 Å². The Kier molecular flexibility index (Phi) is 8.74. The Balaban J connectivity index is 1.29. The van der Waals surface area contributed by atoms with Crippen LogP contribution in [0.5, 0.6) is 0 Å². The van der Waals surface area contributed by atoms with E-state index in [1.54, 1.807) is 0 Å².